The number of phenols is 1. The van der Waals surface area contributed by atoms with Crippen LogP contribution >= 0.6 is 27.5 Å². The zero-order chi connectivity index (χ0) is 14.0. The normalized spacial score (nSPS) is 10.3. The number of carbonyl (C=O) groups excluding carboxylic acids is 1. The highest BCUT2D eigenvalue weighted by Crippen LogP contribution is 2.24. The van der Waals surface area contributed by atoms with Crippen LogP contribution in [0.3, 0.4) is 0 Å². The number of halogens is 2. The molecule has 0 fully saturated rings. The Kier molecular flexibility index (Phi) is 4.12. The Morgan fingerprint density at radius 3 is 2.63 bits per heavy atom. The second kappa shape index (κ2) is 5.63. The van der Waals surface area contributed by atoms with E-state index >= 15 is 0 Å². The average molecular weight is 341 g/mol. The number of nitrogens with one attached hydrogen (secondary N) is 1. The molecule has 0 radical (unpaired) electrons. The number of hydrogen-bond donors (Lipinski definition) is 2. The predicted octanol–water partition coefficient (Wildman–Crippen LogP) is 4.37. The maximum absolute atomic E-state index is 12.0. The van der Waals surface area contributed by atoms with Gasteiger partial charge < -0.3 is 10.4 Å². The smallest absolute Gasteiger partial charge is 0.255 e. The lowest BCUT2D eigenvalue weighted by Crippen LogP contribution is -2.11. The van der Waals surface area contributed by atoms with Crippen LogP contribution in [0.4, 0.5) is 5.69 Å². The summed E-state index contributed by atoms with van der Waals surface area (Å²) < 4.78 is 0.670. The molecule has 0 aliphatic heterocycles. The first-order chi connectivity index (χ1) is 8.97. The second-order valence-corrected chi connectivity index (χ2v) is 5.35. The minimum Gasteiger partial charge on any atom is -0.508 e. The third-order valence-electron chi connectivity index (χ3n) is 2.64. The zero-order valence-electron chi connectivity index (χ0n) is 10.1. The van der Waals surface area contributed by atoms with Crippen LogP contribution in [0, 0.1) is 6.92 Å². The number of phenolic OH excluding ortho intramolecular Hbond substituents is 1. The molecular weight excluding hydrogens is 330 g/mol. The van der Waals surface area contributed by atoms with Gasteiger partial charge in [-0.1, -0.05) is 11.6 Å². The standard InChI is InChI=1S/C14H11BrClNO2/c1-8-6-10(3-5-13(8)18)17-14(19)9-2-4-12(16)11(15)7-9/h2-7,18H,1H3,(H,17,19). The van der Waals surface area contributed by atoms with E-state index in [1.54, 1.807) is 43.3 Å². The highest BCUT2D eigenvalue weighted by molar-refractivity contribution is 9.10. The third-order valence-corrected chi connectivity index (χ3v) is 3.85. The Bertz CT molecular complexity index is 643. The summed E-state index contributed by atoms with van der Waals surface area (Å²) in [7, 11) is 0. The van der Waals surface area contributed by atoms with Crippen molar-refractivity contribution >= 4 is 39.1 Å². The van der Waals surface area contributed by atoms with E-state index in [2.05, 4.69) is 21.2 Å². The summed E-state index contributed by atoms with van der Waals surface area (Å²) in [6.07, 6.45) is 0. The number of amides is 1. The largest absolute Gasteiger partial charge is 0.508 e. The molecule has 0 atom stereocenters. The Labute approximate surface area is 124 Å². The van der Waals surface area contributed by atoms with Crippen LogP contribution in [0.5, 0.6) is 5.75 Å². The number of anilines is 1. The van der Waals surface area contributed by atoms with Crippen LogP contribution in [0.25, 0.3) is 0 Å². The van der Waals surface area contributed by atoms with E-state index in [0.717, 1.165) is 0 Å². The molecule has 2 N–H and O–H groups in total. The quantitative estimate of drug-likeness (QED) is 0.798. The first kappa shape index (κ1) is 13.9. The number of benzene rings is 2. The van der Waals surface area contributed by atoms with Gasteiger partial charge in [-0.3, -0.25) is 4.79 Å². The molecule has 0 bridgehead atoms. The maximum atomic E-state index is 12.0. The Hall–Kier alpha value is -1.52. The Morgan fingerprint density at radius 1 is 1.26 bits per heavy atom. The number of hydrogen-bond acceptors (Lipinski definition) is 2. The third kappa shape index (κ3) is 3.28. The Balaban J connectivity index is 2.20. The number of aryl methyl sites for hydroxylation is 1. The SMILES string of the molecule is Cc1cc(NC(=O)c2ccc(Cl)c(Br)c2)ccc1O. The van der Waals surface area contributed by atoms with Gasteiger partial charge in [-0.25, -0.2) is 0 Å². The molecule has 0 spiro atoms. The Morgan fingerprint density at radius 2 is 2.00 bits per heavy atom. The number of carbonyl (C=O) groups is 1. The lowest BCUT2D eigenvalue weighted by Gasteiger charge is -2.07. The first-order valence-corrected chi connectivity index (χ1v) is 6.70. The van der Waals surface area contributed by atoms with Crippen LogP contribution in [-0.4, -0.2) is 11.0 Å². The molecule has 2 rings (SSSR count). The fraction of sp³-hybridized carbons (Fsp3) is 0.0714. The summed E-state index contributed by atoms with van der Waals surface area (Å²) in [5.74, 6) is -0.0327. The zero-order valence-corrected chi connectivity index (χ0v) is 12.4. The van der Waals surface area contributed by atoms with Gasteiger partial charge in [-0.2, -0.15) is 0 Å². The molecule has 3 nitrogen and oxygen atoms in total. The topological polar surface area (TPSA) is 49.3 Å². The second-order valence-electron chi connectivity index (χ2n) is 4.08. The van der Waals surface area contributed by atoms with Gasteiger partial charge >= 0.3 is 0 Å². The molecular formula is C14H11BrClNO2. The summed E-state index contributed by atoms with van der Waals surface area (Å²) in [6.45, 7) is 1.77. The molecule has 0 heterocycles. The van der Waals surface area contributed by atoms with Gasteiger partial charge in [0.15, 0.2) is 0 Å². The van der Waals surface area contributed by atoms with Crippen molar-refractivity contribution in [2.45, 2.75) is 6.92 Å². The van der Waals surface area contributed by atoms with Crippen molar-refractivity contribution in [3.05, 3.63) is 57.0 Å². The van der Waals surface area contributed by atoms with Gasteiger partial charge in [0, 0.05) is 15.7 Å². The van der Waals surface area contributed by atoms with Crippen LogP contribution in [0.1, 0.15) is 15.9 Å². The highest BCUT2D eigenvalue weighted by Gasteiger charge is 2.09. The summed E-state index contributed by atoms with van der Waals surface area (Å²) in [5, 5.41) is 12.7. The molecule has 0 saturated heterocycles. The van der Waals surface area contributed by atoms with Crippen LogP contribution < -0.4 is 5.32 Å². The maximum Gasteiger partial charge on any atom is 0.255 e. The molecule has 98 valence electrons. The predicted molar refractivity (Wildman–Crippen MR) is 79.9 cm³/mol. The van der Waals surface area contributed by atoms with E-state index in [-0.39, 0.29) is 11.7 Å². The molecule has 1 amide bonds. The molecule has 19 heavy (non-hydrogen) atoms. The first-order valence-electron chi connectivity index (χ1n) is 5.53. The van der Waals surface area contributed by atoms with Crippen molar-refractivity contribution in [2.24, 2.45) is 0 Å². The molecule has 5 heteroatoms. The van der Waals surface area contributed by atoms with Gasteiger partial charge in [-0.15, -0.1) is 0 Å². The van der Waals surface area contributed by atoms with Crippen molar-refractivity contribution in [1.29, 1.82) is 0 Å². The van der Waals surface area contributed by atoms with Crippen molar-refractivity contribution in [2.75, 3.05) is 5.32 Å². The lowest BCUT2D eigenvalue weighted by atomic mass is 10.1. The summed E-state index contributed by atoms with van der Waals surface area (Å²) in [4.78, 5) is 12.0. The summed E-state index contributed by atoms with van der Waals surface area (Å²) in [5.41, 5.74) is 1.84. The molecule has 0 aliphatic carbocycles. The van der Waals surface area contributed by atoms with Gasteiger partial charge in [0.05, 0.1) is 5.02 Å². The molecule has 0 unspecified atom stereocenters. The molecule has 2 aromatic carbocycles. The minimum absolute atomic E-state index is 0.201. The molecule has 0 saturated carbocycles. The van der Waals surface area contributed by atoms with E-state index in [9.17, 15) is 9.90 Å². The van der Waals surface area contributed by atoms with Crippen molar-refractivity contribution in [3.63, 3.8) is 0 Å². The van der Waals surface area contributed by atoms with E-state index in [4.69, 9.17) is 11.6 Å². The fourth-order valence-corrected chi connectivity index (χ4v) is 2.07. The van der Waals surface area contributed by atoms with Gasteiger partial charge in [0.1, 0.15) is 5.75 Å². The van der Waals surface area contributed by atoms with E-state index in [1.807, 2.05) is 0 Å². The van der Waals surface area contributed by atoms with Gasteiger partial charge in [-0.05, 0) is 64.8 Å². The molecule has 0 aliphatic rings. The molecule has 2 aromatic rings. The highest BCUT2D eigenvalue weighted by atomic mass is 79.9. The average Bonchev–Trinajstić information content (AvgIpc) is 2.37. The minimum atomic E-state index is -0.234. The van der Waals surface area contributed by atoms with Crippen molar-refractivity contribution < 1.29 is 9.90 Å². The van der Waals surface area contributed by atoms with Crippen LogP contribution in [0.2, 0.25) is 5.02 Å². The monoisotopic (exact) mass is 339 g/mol. The fourth-order valence-electron chi connectivity index (χ4n) is 1.57. The van der Waals surface area contributed by atoms with Gasteiger partial charge in [0.25, 0.3) is 5.91 Å². The summed E-state index contributed by atoms with van der Waals surface area (Å²) in [6, 6.07) is 9.86. The lowest BCUT2D eigenvalue weighted by molar-refractivity contribution is 0.102. The summed E-state index contributed by atoms with van der Waals surface area (Å²) >= 11 is 9.15. The number of rotatable bonds is 2. The van der Waals surface area contributed by atoms with Crippen LogP contribution in [-0.2, 0) is 0 Å². The van der Waals surface area contributed by atoms with Crippen LogP contribution in [0.15, 0.2) is 40.9 Å². The number of aromatic hydroxyl groups is 1. The van der Waals surface area contributed by atoms with Crippen molar-refractivity contribution in [1.82, 2.24) is 0 Å². The van der Waals surface area contributed by atoms with E-state index in [1.165, 1.54) is 0 Å². The van der Waals surface area contributed by atoms with Gasteiger partial charge in [0.2, 0.25) is 0 Å². The van der Waals surface area contributed by atoms with E-state index < -0.39 is 0 Å². The molecule has 0 aromatic heterocycles. The van der Waals surface area contributed by atoms with Crippen molar-refractivity contribution in [3.8, 4) is 5.75 Å². The van der Waals surface area contributed by atoms with E-state index in [0.29, 0.717) is 26.3 Å².